The first kappa shape index (κ1) is 20.0. The van der Waals surface area contributed by atoms with Crippen molar-refractivity contribution in [2.24, 2.45) is 0 Å². The van der Waals surface area contributed by atoms with Gasteiger partial charge in [0.2, 0.25) is 17.5 Å². The van der Waals surface area contributed by atoms with E-state index in [-0.39, 0.29) is 18.3 Å². The highest BCUT2D eigenvalue weighted by Crippen LogP contribution is 2.38. The number of aromatic nitrogens is 2. The lowest BCUT2D eigenvalue weighted by atomic mass is 10.1. The molecule has 0 bridgehead atoms. The molecular weight excluding hydrogens is 378 g/mol. The van der Waals surface area contributed by atoms with E-state index < -0.39 is 0 Å². The van der Waals surface area contributed by atoms with Crippen LogP contribution >= 0.6 is 0 Å². The van der Waals surface area contributed by atoms with Crippen LogP contribution in [-0.2, 0) is 6.54 Å². The van der Waals surface area contributed by atoms with Crippen LogP contribution in [0, 0.1) is 0 Å². The maximum Gasteiger partial charge on any atom is 0.251 e. The first-order valence-electron chi connectivity index (χ1n) is 8.64. The Morgan fingerprint density at radius 3 is 2.34 bits per heavy atom. The molecule has 9 nitrogen and oxygen atoms in total. The van der Waals surface area contributed by atoms with E-state index in [0.717, 1.165) is 5.56 Å². The van der Waals surface area contributed by atoms with E-state index in [4.69, 9.17) is 23.5 Å². The third-order valence-electron chi connectivity index (χ3n) is 4.12. The number of hydrogen-bond acceptors (Lipinski definition) is 8. The van der Waals surface area contributed by atoms with Gasteiger partial charge in [-0.2, -0.15) is 4.98 Å². The van der Waals surface area contributed by atoms with E-state index in [1.54, 1.807) is 25.3 Å². The second-order valence-corrected chi connectivity index (χ2v) is 5.84. The Labute approximate surface area is 167 Å². The Hall–Kier alpha value is -3.75. The van der Waals surface area contributed by atoms with Crippen molar-refractivity contribution >= 4 is 5.91 Å². The average molecular weight is 399 g/mol. The minimum atomic E-state index is -0.356. The summed E-state index contributed by atoms with van der Waals surface area (Å²) in [5, 5.41) is 6.67. The molecule has 0 saturated carbocycles. The summed E-state index contributed by atoms with van der Waals surface area (Å²) >= 11 is 0. The van der Waals surface area contributed by atoms with Crippen molar-refractivity contribution in [3.63, 3.8) is 0 Å². The number of ether oxygens (including phenoxy) is 4. The number of nitrogens with zero attached hydrogens (tertiary/aromatic N) is 2. The fraction of sp³-hybridized carbons (Fsp3) is 0.250. The van der Waals surface area contributed by atoms with Crippen LogP contribution in [0.15, 0.2) is 40.9 Å². The number of hydrogen-bond donors (Lipinski definition) is 1. The largest absolute Gasteiger partial charge is 0.497 e. The number of nitrogens with one attached hydrogen (secondary N) is 1. The first-order chi connectivity index (χ1) is 14.1. The van der Waals surface area contributed by atoms with Crippen molar-refractivity contribution < 1.29 is 28.3 Å². The van der Waals surface area contributed by atoms with Gasteiger partial charge in [0.25, 0.3) is 5.91 Å². The van der Waals surface area contributed by atoms with Crippen molar-refractivity contribution in [1.29, 1.82) is 0 Å². The zero-order valence-electron chi connectivity index (χ0n) is 16.5. The highest BCUT2D eigenvalue weighted by atomic mass is 16.5. The van der Waals surface area contributed by atoms with E-state index in [9.17, 15) is 4.79 Å². The highest BCUT2D eigenvalue weighted by molar-refractivity contribution is 5.95. The van der Waals surface area contributed by atoms with Gasteiger partial charge in [-0.25, -0.2) is 0 Å². The van der Waals surface area contributed by atoms with Crippen LogP contribution in [0.5, 0.6) is 23.0 Å². The topological polar surface area (TPSA) is 105 Å². The molecule has 0 aliphatic heterocycles. The molecule has 0 aliphatic carbocycles. The molecule has 1 aromatic heterocycles. The minimum Gasteiger partial charge on any atom is -0.497 e. The van der Waals surface area contributed by atoms with Gasteiger partial charge in [0, 0.05) is 11.1 Å². The Morgan fingerprint density at radius 1 is 1.00 bits per heavy atom. The zero-order chi connectivity index (χ0) is 20.8. The molecule has 0 spiro atoms. The van der Waals surface area contributed by atoms with Crippen LogP contribution in [0.1, 0.15) is 16.2 Å². The number of benzene rings is 2. The average Bonchev–Trinajstić information content (AvgIpc) is 3.25. The summed E-state index contributed by atoms with van der Waals surface area (Å²) in [5.41, 5.74) is 1.09. The summed E-state index contributed by atoms with van der Waals surface area (Å²) < 4.78 is 26.2. The fourth-order valence-electron chi connectivity index (χ4n) is 2.68. The third-order valence-corrected chi connectivity index (χ3v) is 4.12. The second kappa shape index (κ2) is 8.96. The molecule has 3 rings (SSSR count). The summed E-state index contributed by atoms with van der Waals surface area (Å²) in [5.74, 6) is 2.18. The predicted octanol–water partition coefficient (Wildman–Crippen LogP) is 2.70. The van der Waals surface area contributed by atoms with Crippen LogP contribution in [0.3, 0.4) is 0 Å². The normalized spacial score (nSPS) is 10.3. The first-order valence-corrected chi connectivity index (χ1v) is 8.64. The van der Waals surface area contributed by atoms with Crippen molar-refractivity contribution in [3.8, 4) is 34.4 Å². The number of amides is 1. The molecule has 0 radical (unpaired) electrons. The summed E-state index contributed by atoms with van der Waals surface area (Å²) in [6.07, 6.45) is 0. The van der Waals surface area contributed by atoms with E-state index >= 15 is 0 Å². The predicted molar refractivity (Wildman–Crippen MR) is 104 cm³/mol. The Kier molecular flexibility index (Phi) is 6.18. The van der Waals surface area contributed by atoms with Gasteiger partial charge < -0.3 is 28.8 Å². The van der Waals surface area contributed by atoms with Gasteiger partial charge in [-0.05, 0) is 24.3 Å². The van der Waals surface area contributed by atoms with Crippen molar-refractivity contribution in [1.82, 2.24) is 15.5 Å². The van der Waals surface area contributed by atoms with Gasteiger partial charge in [0.15, 0.2) is 11.5 Å². The standard InChI is InChI=1S/C20H21N3O6/c1-25-14-7-5-6-12(8-14)19-22-17(29-23-19)11-21-20(24)13-9-15(26-2)18(28-4)16(10-13)27-3/h5-10H,11H2,1-4H3,(H,21,24). The molecule has 29 heavy (non-hydrogen) atoms. The fourth-order valence-corrected chi connectivity index (χ4v) is 2.68. The summed E-state index contributed by atoms with van der Waals surface area (Å²) in [6, 6.07) is 10.4. The third kappa shape index (κ3) is 4.40. The Morgan fingerprint density at radius 2 is 1.72 bits per heavy atom. The van der Waals surface area contributed by atoms with Crippen LogP contribution in [-0.4, -0.2) is 44.5 Å². The number of carbonyl (C=O) groups excluding carboxylic acids is 1. The summed E-state index contributed by atoms with van der Waals surface area (Å²) in [6.45, 7) is 0.0620. The van der Waals surface area contributed by atoms with E-state index in [1.807, 2.05) is 18.2 Å². The lowest BCUT2D eigenvalue weighted by Gasteiger charge is -2.13. The van der Waals surface area contributed by atoms with Crippen molar-refractivity contribution in [2.45, 2.75) is 6.54 Å². The SMILES string of the molecule is COc1cccc(-c2noc(CNC(=O)c3cc(OC)c(OC)c(OC)c3)n2)c1. The van der Waals surface area contributed by atoms with Crippen molar-refractivity contribution in [2.75, 3.05) is 28.4 Å². The molecule has 1 N–H and O–H groups in total. The van der Waals surface area contributed by atoms with Gasteiger partial charge in [-0.15, -0.1) is 0 Å². The molecule has 0 aliphatic rings. The van der Waals surface area contributed by atoms with Gasteiger partial charge in [-0.3, -0.25) is 4.79 Å². The lowest BCUT2D eigenvalue weighted by Crippen LogP contribution is -2.23. The van der Waals surface area contributed by atoms with Crippen LogP contribution in [0.2, 0.25) is 0 Å². The maximum absolute atomic E-state index is 12.5. The maximum atomic E-state index is 12.5. The quantitative estimate of drug-likeness (QED) is 0.616. The minimum absolute atomic E-state index is 0.0620. The van der Waals surface area contributed by atoms with Crippen LogP contribution < -0.4 is 24.3 Å². The molecule has 1 amide bonds. The Bertz CT molecular complexity index is 976. The van der Waals surface area contributed by atoms with E-state index in [0.29, 0.717) is 34.4 Å². The Balaban J connectivity index is 1.72. The molecule has 152 valence electrons. The molecule has 0 fully saturated rings. The number of carbonyl (C=O) groups is 1. The van der Waals surface area contributed by atoms with Gasteiger partial charge in [0.1, 0.15) is 5.75 Å². The summed E-state index contributed by atoms with van der Waals surface area (Å²) in [7, 11) is 6.05. The lowest BCUT2D eigenvalue weighted by molar-refractivity contribution is 0.0945. The monoisotopic (exact) mass is 399 g/mol. The number of methoxy groups -OCH3 is 4. The van der Waals surface area contributed by atoms with Crippen LogP contribution in [0.25, 0.3) is 11.4 Å². The molecule has 1 heterocycles. The van der Waals surface area contributed by atoms with Crippen LogP contribution in [0.4, 0.5) is 0 Å². The number of rotatable bonds is 8. The second-order valence-electron chi connectivity index (χ2n) is 5.84. The van der Waals surface area contributed by atoms with Gasteiger partial charge in [-0.1, -0.05) is 17.3 Å². The molecule has 9 heteroatoms. The molecule has 2 aromatic carbocycles. The van der Waals surface area contributed by atoms with Gasteiger partial charge in [0.05, 0.1) is 35.0 Å². The van der Waals surface area contributed by atoms with E-state index in [1.165, 1.54) is 21.3 Å². The molecule has 0 unspecified atom stereocenters. The van der Waals surface area contributed by atoms with E-state index in [2.05, 4.69) is 15.5 Å². The van der Waals surface area contributed by atoms with Crippen molar-refractivity contribution in [3.05, 3.63) is 47.9 Å². The highest BCUT2D eigenvalue weighted by Gasteiger charge is 2.18. The molecule has 0 atom stereocenters. The zero-order valence-corrected chi connectivity index (χ0v) is 16.5. The summed E-state index contributed by atoms with van der Waals surface area (Å²) in [4.78, 5) is 16.8. The van der Waals surface area contributed by atoms with Gasteiger partial charge >= 0.3 is 0 Å². The smallest absolute Gasteiger partial charge is 0.251 e. The molecule has 3 aromatic rings. The molecular formula is C20H21N3O6. The molecule has 0 saturated heterocycles.